The molecule has 0 unspecified atom stereocenters. The van der Waals surface area contributed by atoms with Crippen LogP contribution in [-0.4, -0.2) is 49.6 Å². The molecule has 2 atom stereocenters. The quantitative estimate of drug-likeness (QED) is 0.752. The molecule has 2 N–H and O–H groups in total. The molecule has 4 amide bonds. The molecule has 2 fully saturated rings. The molecule has 9 heteroatoms. The van der Waals surface area contributed by atoms with Crippen LogP contribution in [0.5, 0.6) is 0 Å². The third-order valence-electron chi connectivity index (χ3n) is 5.71. The van der Waals surface area contributed by atoms with Crippen LogP contribution in [0.4, 0.5) is 10.5 Å². The number of nitrogens with zero attached hydrogens (tertiary/aromatic N) is 4. The van der Waals surface area contributed by atoms with Gasteiger partial charge in [0.2, 0.25) is 5.91 Å². The summed E-state index contributed by atoms with van der Waals surface area (Å²) in [7, 11) is 0. The van der Waals surface area contributed by atoms with Gasteiger partial charge in [0.25, 0.3) is 5.91 Å². The largest absolute Gasteiger partial charge is 0.325 e. The zero-order valence-electron chi connectivity index (χ0n) is 17.4. The Bertz CT molecular complexity index is 986. The van der Waals surface area contributed by atoms with Crippen LogP contribution in [0.2, 0.25) is 0 Å². The third-order valence-corrected chi connectivity index (χ3v) is 5.71. The number of carbonyl (C=O) groups is 3. The maximum atomic E-state index is 13.2. The lowest BCUT2D eigenvalue weighted by Crippen LogP contribution is -2.54. The minimum atomic E-state index is -0.924. The first-order valence-electron chi connectivity index (χ1n) is 10.1. The highest BCUT2D eigenvalue weighted by molar-refractivity contribution is 6.10. The fourth-order valence-corrected chi connectivity index (χ4v) is 5.05. The molecular weight excluding hydrogens is 384 g/mol. The van der Waals surface area contributed by atoms with Gasteiger partial charge in [-0.05, 0) is 48.8 Å². The average molecular weight is 410 g/mol. The highest BCUT2D eigenvalue weighted by Gasteiger charge is 2.56. The molecule has 1 spiro atoms. The van der Waals surface area contributed by atoms with E-state index in [4.69, 9.17) is 0 Å². The number of nitrogens with one attached hydrogen (secondary N) is 2. The Balaban J connectivity index is 1.50. The molecule has 0 bridgehead atoms. The van der Waals surface area contributed by atoms with E-state index in [9.17, 15) is 14.4 Å². The summed E-state index contributed by atoms with van der Waals surface area (Å²) in [5.41, 5.74) is -0.541. The molecule has 1 aliphatic heterocycles. The molecule has 2 aliphatic rings. The Morgan fingerprint density at radius 3 is 2.77 bits per heavy atom. The van der Waals surface area contributed by atoms with Gasteiger partial charge in [0.15, 0.2) is 5.82 Å². The van der Waals surface area contributed by atoms with Gasteiger partial charge in [-0.3, -0.25) is 14.5 Å². The lowest BCUT2D eigenvalue weighted by molar-refractivity contribution is -0.136. The minimum absolute atomic E-state index is 0.0623. The van der Waals surface area contributed by atoms with Crippen LogP contribution in [0, 0.1) is 11.3 Å². The maximum Gasteiger partial charge on any atom is 0.325 e. The molecule has 158 valence electrons. The van der Waals surface area contributed by atoms with E-state index >= 15 is 0 Å². The molecule has 9 nitrogen and oxygen atoms in total. The molecule has 2 aromatic heterocycles. The van der Waals surface area contributed by atoms with E-state index in [1.54, 1.807) is 36.8 Å². The van der Waals surface area contributed by atoms with Crippen LogP contribution in [0.3, 0.4) is 0 Å². The summed E-state index contributed by atoms with van der Waals surface area (Å²) in [5, 5.41) is 9.77. The van der Waals surface area contributed by atoms with Gasteiger partial charge in [-0.2, -0.15) is 5.10 Å². The lowest BCUT2D eigenvalue weighted by atomic mass is 9.64. The van der Waals surface area contributed by atoms with Gasteiger partial charge in [-0.15, -0.1) is 0 Å². The SMILES string of the molecule is C[C@H]1CC(C)(C)C[C@]2(C1)NC(=O)N(CC(=O)Nc1cccnc1-n1cccn1)C2=O. The zero-order valence-corrected chi connectivity index (χ0v) is 17.4. The summed E-state index contributed by atoms with van der Waals surface area (Å²) in [5.74, 6) is -0.0352. The standard InChI is InChI=1S/C21H26N6O3/c1-14-10-20(2,3)13-21(11-14)18(29)26(19(30)25-21)12-16(28)24-15-6-4-7-22-17(15)27-9-5-8-23-27/h4-9,14H,10-13H2,1-3H3,(H,24,28)(H,25,30)/t14-,21-/m0/s1. The minimum Gasteiger partial charge on any atom is -0.323 e. The van der Waals surface area contributed by atoms with Crippen LogP contribution in [0.1, 0.15) is 40.0 Å². The number of imide groups is 1. The maximum absolute atomic E-state index is 13.2. The first-order chi connectivity index (χ1) is 14.2. The normalized spacial score (nSPS) is 25.4. The van der Waals surface area contributed by atoms with Crippen molar-refractivity contribution in [2.75, 3.05) is 11.9 Å². The number of rotatable bonds is 4. The van der Waals surface area contributed by atoms with E-state index in [0.29, 0.717) is 30.3 Å². The predicted octanol–water partition coefficient (Wildman–Crippen LogP) is 2.34. The second kappa shape index (κ2) is 7.23. The monoisotopic (exact) mass is 410 g/mol. The van der Waals surface area contributed by atoms with Crippen molar-refractivity contribution < 1.29 is 14.4 Å². The molecule has 1 aliphatic carbocycles. The zero-order chi connectivity index (χ0) is 21.5. The van der Waals surface area contributed by atoms with Crippen LogP contribution < -0.4 is 10.6 Å². The van der Waals surface area contributed by atoms with Crippen molar-refractivity contribution in [3.8, 4) is 5.82 Å². The van der Waals surface area contributed by atoms with Gasteiger partial charge in [-0.1, -0.05) is 20.8 Å². The summed E-state index contributed by atoms with van der Waals surface area (Å²) < 4.78 is 1.53. The van der Waals surface area contributed by atoms with Gasteiger partial charge in [0.05, 0.1) is 5.69 Å². The van der Waals surface area contributed by atoms with E-state index in [2.05, 4.69) is 41.5 Å². The number of anilines is 1. The Kier molecular flexibility index (Phi) is 4.83. The van der Waals surface area contributed by atoms with Crippen molar-refractivity contribution in [1.82, 2.24) is 25.0 Å². The summed E-state index contributed by atoms with van der Waals surface area (Å²) >= 11 is 0. The van der Waals surface area contributed by atoms with Crippen molar-refractivity contribution in [3.05, 3.63) is 36.8 Å². The van der Waals surface area contributed by atoms with Crippen molar-refractivity contribution >= 4 is 23.5 Å². The van der Waals surface area contributed by atoms with E-state index in [-0.39, 0.29) is 17.9 Å². The van der Waals surface area contributed by atoms with Gasteiger partial charge in [-0.25, -0.2) is 14.5 Å². The summed E-state index contributed by atoms with van der Waals surface area (Å²) in [6, 6.07) is 4.62. The number of hydrogen-bond acceptors (Lipinski definition) is 5. The van der Waals surface area contributed by atoms with Crippen molar-refractivity contribution in [2.24, 2.45) is 11.3 Å². The van der Waals surface area contributed by atoms with Crippen molar-refractivity contribution in [2.45, 2.75) is 45.6 Å². The van der Waals surface area contributed by atoms with E-state index in [0.717, 1.165) is 11.3 Å². The molecule has 4 rings (SSSR count). The summed E-state index contributed by atoms with van der Waals surface area (Å²) in [4.78, 5) is 43.8. The third kappa shape index (κ3) is 3.67. The number of pyridine rings is 1. The molecule has 0 aromatic carbocycles. The van der Waals surface area contributed by atoms with Crippen molar-refractivity contribution in [1.29, 1.82) is 0 Å². The molecule has 2 aromatic rings. The van der Waals surface area contributed by atoms with Gasteiger partial charge < -0.3 is 10.6 Å². The molecule has 3 heterocycles. The predicted molar refractivity (Wildman–Crippen MR) is 110 cm³/mol. The van der Waals surface area contributed by atoms with E-state index in [1.807, 2.05) is 0 Å². The molecule has 1 saturated carbocycles. The van der Waals surface area contributed by atoms with Crippen LogP contribution in [0.15, 0.2) is 36.8 Å². The van der Waals surface area contributed by atoms with Gasteiger partial charge in [0.1, 0.15) is 12.1 Å². The smallest absolute Gasteiger partial charge is 0.323 e. The Morgan fingerprint density at radius 2 is 2.07 bits per heavy atom. The van der Waals surface area contributed by atoms with Crippen LogP contribution in [0.25, 0.3) is 5.82 Å². The Labute approximate surface area is 174 Å². The summed E-state index contributed by atoms with van der Waals surface area (Å²) in [6.45, 7) is 5.96. The highest BCUT2D eigenvalue weighted by Crippen LogP contribution is 2.46. The molecule has 1 saturated heterocycles. The Hall–Kier alpha value is -3.23. The highest BCUT2D eigenvalue weighted by atomic mass is 16.2. The lowest BCUT2D eigenvalue weighted by Gasteiger charge is -2.43. The number of aromatic nitrogens is 3. The fraction of sp³-hybridized carbons (Fsp3) is 0.476. The van der Waals surface area contributed by atoms with Crippen molar-refractivity contribution in [3.63, 3.8) is 0 Å². The Morgan fingerprint density at radius 1 is 1.27 bits per heavy atom. The van der Waals surface area contributed by atoms with Gasteiger partial charge >= 0.3 is 6.03 Å². The second-order valence-electron chi connectivity index (χ2n) is 9.13. The molecule has 30 heavy (non-hydrogen) atoms. The van der Waals surface area contributed by atoms with Crippen LogP contribution in [-0.2, 0) is 9.59 Å². The van der Waals surface area contributed by atoms with E-state index in [1.165, 1.54) is 4.68 Å². The number of hydrogen-bond donors (Lipinski definition) is 2. The first kappa shape index (κ1) is 20.1. The number of amides is 4. The van der Waals surface area contributed by atoms with E-state index < -0.39 is 17.5 Å². The molecular formula is C21H26N6O3. The van der Waals surface area contributed by atoms with Crippen LogP contribution >= 0.6 is 0 Å². The van der Waals surface area contributed by atoms with Gasteiger partial charge in [0, 0.05) is 18.6 Å². The number of carbonyl (C=O) groups excluding carboxylic acids is 3. The number of urea groups is 1. The fourth-order valence-electron chi connectivity index (χ4n) is 5.05. The summed E-state index contributed by atoms with van der Waals surface area (Å²) in [6.07, 6.45) is 7.07. The first-order valence-corrected chi connectivity index (χ1v) is 10.1. The average Bonchev–Trinajstić information content (AvgIpc) is 3.24. The molecule has 0 radical (unpaired) electrons. The second-order valence-corrected chi connectivity index (χ2v) is 9.13. The topological polar surface area (TPSA) is 109 Å².